The minimum absolute atomic E-state index is 0.000802. The SMILES string of the molecule is Cc1cc(C2CC2)nc(NC(=O)NS(=O)(=O)c2cccc3c2S(=O)(=O)C(C)C3)n1. The summed E-state index contributed by atoms with van der Waals surface area (Å²) in [5, 5.41) is 1.61. The predicted molar refractivity (Wildman–Crippen MR) is 105 cm³/mol. The molecule has 1 aliphatic carbocycles. The number of anilines is 1. The van der Waals surface area contributed by atoms with Crippen molar-refractivity contribution in [3.05, 3.63) is 41.2 Å². The van der Waals surface area contributed by atoms with Crippen LogP contribution in [0.4, 0.5) is 10.7 Å². The Hall–Kier alpha value is -2.53. The van der Waals surface area contributed by atoms with Gasteiger partial charge in [-0.15, -0.1) is 0 Å². The van der Waals surface area contributed by atoms with Gasteiger partial charge < -0.3 is 0 Å². The van der Waals surface area contributed by atoms with Crippen LogP contribution in [0.5, 0.6) is 0 Å². The molecule has 2 N–H and O–H groups in total. The van der Waals surface area contributed by atoms with Crippen LogP contribution in [-0.2, 0) is 26.3 Å². The van der Waals surface area contributed by atoms with Gasteiger partial charge in [0.1, 0.15) is 4.90 Å². The summed E-state index contributed by atoms with van der Waals surface area (Å²) in [5.74, 6) is 0.335. The summed E-state index contributed by atoms with van der Waals surface area (Å²) >= 11 is 0. The van der Waals surface area contributed by atoms with Crippen LogP contribution in [0.3, 0.4) is 0 Å². The van der Waals surface area contributed by atoms with Crippen LogP contribution in [0.15, 0.2) is 34.1 Å². The van der Waals surface area contributed by atoms with Gasteiger partial charge in [-0.05, 0) is 50.8 Å². The molecule has 1 fully saturated rings. The van der Waals surface area contributed by atoms with Crippen molar-refractivity contribution in [1.82, 2.24) is 14.7 Å². The monoisotopic (exact) mass is 436 g/mol. The maximum absolute atomic E-state index is 12.8. The van der Waals surface area contributed by atoms with Crippen molar-refractivity contribution >= 4 is 31.8 Å². The standard InChI is InChI=1S/C18H20N4O5S2/c1-10-8-14(12-6-7-12)20-17(19-10)21-18(23)22-29(26,27)15-5-3-4-13-9-11(2)28(24,25)16(13)15/h3-5,8,11-12H,6-7,9H2,1-2H3,(H2,19,20,21,22,23). The lowest BCUT2D eigenvalue weighted by Gasteiger charge is -2.12. The van der Waals surface area contributed by atoms with E-state index >= 15 is 0 Å². The van der Waals surface area contributed by atoms with Gasteiger partial charge in [-0.25, -0.2) is 36.3 Å². The van der Waals surface area contributed by atoms with Gasteiger partial charge in [0, 0.05) is 17.3 Å². The molecule has 1 aliphatic heterocycles. The van der Waals surface area contributed by atoms with E-state index in [2.05, 4.69) is 15.3 Å². The van der Waals surface area contributed by atoms with Gasteiger partial charge in [-0.2, -0.15) is 0 Å². The predicted octanol–water partition coefficient (Wildman–Crippen LogP) is 1.89. The van der Waals surface area contributed by atoms with Crippen LogP contribution >= 0.6 is 0 Å². The molecule has 1 atom stereocenters. The number of aryl methyl sites for hydroxylation is 1. The zero-order valence-corrected chi connectivity index (χ0v) is 17.5. The van der Waals surface area contributed by atoms with E-state index in [1.54, 1.807) is 13.0 Å². The smallest absolute Gasteiger partial charge is 0.275 e. The first-order valence-electron chi connectivity index (χ1n) is 9.13. The third-order valence-electron chi connectivity index (χ3n) is 4.99. The number of rotatable bonds is 4. The topological polar surface area (TPSA) is 135 Å². The average molecular weight is 437 g/mol. The number of carbonyl (C=O) groups excluding carboxylic acids is 1. The van der Waals surface area contributed by atoms with Gasteiger partial charge in [0.25, 0.3) is 10.0 Å². The lowest BCUT2D eigenvalue weighted by molar-refractivity contribution is 0.256. The van der Waals surface area contributed by atoms with E-state index in [0.717, 1.165) is 18.5 Å². The Morgan fingerprint density at radius 1 is 1.21 bits per heavy atom. The first kappa shape index (κ1) is 19.8. The Kier molecular flexibility index (Phi) is 4.61. The molecular formula is C18H20N4O5S2. The molecule has 0 bridgehead atoms. The average Bonchev–Trinajstić information content (AvgIpc) is 3.42. The Morgan fingerprint density at radius 2 is 1.93 bits per heavy atom. The molecule has 2 amide bonds. The molecule has 9 nitrogen and oxygen atoms in total. The number of hydrogen-bond donors (Lipinski definition) is 2. The van der Waals surface area contributed by atoms with E-state index in [0.29, 0.717) is 17.2 Å². The van der Waals surface area contributed by atoms with Gasteiger partial charge >= 0.3 is 6.03 Å². The van der Waals surface area contributed by atoms with Gasteiger partial charge in [0.2, 0.25) is 5.95 Å². The zero-order chi connectivity index (χ0) is 21.0. The Bertz CT molecular complexity index is 1220. The fraction of sp³-hybridized carbons (Fsp3) is 0.389. The van der Waals surface area contributed by atoms with Gasteiger partial charge in [-0.3, -0.25) is 5.32 Å². The van der Waals surface area contributed by atoms with Crippen molar-refractivity contribution in [2.45, 2.75) is 54.1 Å². The number of urea groups is 1. The van der Waals surface area contributed by atoms with E-state index in [1.807, 2.05) is 10.8 Å². The number of benzene rings is 1. The Labute approximate surface area is 168 Å². The number of sulfone groups is 1. The summed E-state index contributed by atoms with van der Waals surface area (Å²) in [6.07, 6.45) is 2.26. The van der Waals surface area contributed by atoms with Crippen molar-refractivity contribution in [1.29, 1.82) is 0 Å². The number of nitrogens with zero attached hydrogens (tertiary/aromatic N) is 2. The fourth-order valence-corrected chi connectivity index (χ4v) is 6.80. The highest BCUT2D eigenvalue weighted by molar-refractivity contribution is 7.94. The summed E-state index contributed by atoms with van der Waals surface area (Å²) in [6.45, 7) is 3.28. The number of fused-ring (bicyclic) bond motifs is 1. The van der Waals surface area contributed by atoms with Crippen LogP contribution in [0.2, 0.25) is 0 Å². The third-order valence-corrected chi connectivity index (χ3v) is 8.77. The second-order valence-electron chi connectivity index (χ2n) is 7.40. The number of sulfonamides is 1. The van der Waals surface area contributed by atoms with Crippen LogP contribution in [0, 0.1) is 6.92 Å². The molecule has 1 aromatic carbocycles. The molecule has 2 heterocycles. The fourth-order valence-electron chi connectivity index (χ4n) is 3.42. The van der Waals surface area contributed by atoms with E-state index < -0.39 is 36.0 Å². The maximum atomic E-state index is 12.8. The van der Waals surface area contributed by atoms with Crippen LogP contribution in [0.1, 0.15) is 42.6 Å². The van der Waals surface area contributed by atoms with Crippen LogP contribution in [0.25, 0.3) is 0 Å². The Balaban J connectivity index is 1.59. The van der Waals surface area contributed by atoms with Gasteiger partial charge in [0.05, 0.1) is 10.1 Å². The molecule has 0 radical (unpaired) electrons. The molecule has 29 heavy (non-hydrogen) atoms. The number of carbonyl (C=O) groups is 1. The first-order valence-corrected chi connectivity index (χ1v) is 12.2. The summed E-state index contributed by atoms with van der Waals surface area (Å²) in [7, 11) is -8.20. The number of hydrogen-bond acceptors (Lipinski definition) is 7. The second kappa shape index (κ2) is 6.77. The first-order chi connectivity index (χ1) is 13.6. The molecule has 2 aliphatic rings. The summed E-state index contributed by atoms with van der Waals surface area (Å²) in [4.78, 5) is 20.0. The molecular weight excluding hydrogens is 416 g/mol. The molecule has 154 valence electrons. The van der Waals surface area contributed by atoms with Crippen molar-refractivity contribution < 1.29 is 21.6 Å². The molecule has 1 aromatic heterocycles. The lowest BCUT2D eigenvalue weighted by atomic mass is 10.1. The van der Waals surface area contributed by atoms with Gasteiger partial charge in [-0.1, -0.05) is 12.1 Å². The lowest BCUT2D eigenvalue weighted by Crippen LogP contribution is -2.35. The van der Waals surface area contributed by atoms with Crippen molar-refractivity contribution in [3.8, 4) is 0 Å². The molecule has 11 heteroatoms. The Morgan fingerprint density at radius 3 is 2.62 bits per heavy atom. The van der Waals surface area contributed by atoms with Crippen molar-refractivity contribution in [2.75, 3.05) is 5.32 Å². The van der Waals surface area contributed by atoms with E-state index in [9.17, 15) is 21.6 Å². The normalized spacial score (nSPS) is 20.1. The minimum atomic E-state index is -4.42. The van der Waals surface area contributed by atoms with Crippen LogP contribution < -0.4 is 10.0 Å². The van der Waals surface area contributed by atoms with Crippen LogP contribution in [-0.4, -0.2) is 38.1 Å². The van der Waals surface area contributed by atoms with Gasteiger partial charge in [0.15, 0.2) is 9.84 Å². The highest BCUT2D eigenvalue weighted by Crippen LogP contribution is 2.39. The second-order valence-corrected chi connectivity index (χ2v) is 11.3. The third kappa shape index (κ3) is 3.71. The highest BCUT2D eigenvalue weighted by Gasteiger charge is 2.39. The summed E-state index contributed by atoms with van der Waals surface area (Å²) in [6, 6.07) is 4.99. The molecule has 1 saturated carbocycles. The van der Waals surface area contributed by atoms with Crippen molar-refractivity contribution in [3.63, 3.8) is 0 Å². The summed E-state index contributed by atoms with van der Waals surface area (Å²) in [5.41, 5.74) is 1.88. The minimum Gasteiger partial charge on any atom is -0.275 e. The zero-order valence-electron chi connectivity index (χ0n) is 15.8. The number of nitrogens with one attached hydrogen (secondary N) is 2. The maximum Gasteiger partial charge on any atom is 0.335 e. The molecule has 2 aromatic rings. The number of amides is 2. The van der Waals surface area contributed by atoms with E-state index in [-0.39, 0.29) is 17.3 Å². The quantitative estimate of drug-likeness (QED) is 0.747. The highest BCUT2D eigenvalue weighted by atomic mass is 32.2. The van der Waals surface area contributed by atoms with Crippen molar-refractivity contribution in [2.24, 2.45) is 0 Å². The van der Waals surface area contributed by atoms with E-state index in [4.69, 9.17) is 0 Å². The van der Waals surface area contributed by atoms with E-state index in [1.165, 1.54) is 19.1 Å². The number of aromatic nitrogens is 2. The summed E-state index contributed by atoms with van der Waals surface area (Å²) < 4.78 is 52.5. The molecule has 1 unspecified atom stereocenters. The largest absolute Gasteiger partial charge is 0.335 e. The molecule has 0 saturated heterocycles. The molecule has 4 rings (SSSR count). The molecule has 0 spiro atoms.